The van der Waals surface area contributed by atoms with Gasteiger partial charge in [-0.1, -0.05) is 30.3 Å². The molecule has 0 aromatic carbocycles. The third-order valence-corrected chi connectivity index (χ3v) is 3.92. The zero-order valence-electron chi connectivity index (χ0n) is 11.2. The summed E-state index contributed by atoms with van der Waals surface area (Å²) in [6, 6.07) is -0.472. The Bertz CT molecular complexity index is 540. The van der Waals surface area contributed by atoms with Crippen LogP contribution in [0.3, 0.4) is 0 Å². The highest BCUT2D eigenvalue weighted by Crippen LogP contribution is 2.20. The number of rotatable bonds is 3. The van der Waals surface area contributed by atoms with Crippen molar-refractivity contribution in [3.63, 3.8) is 0 Å². The summed E-state index contributed by atoms with van der Waals surface area (Å²) in [5.74, 6) is -0.461. The standard InChI is InChI=1S/C12H15ClN4O2S/c1-3-8-10(18)14-4-5-17(8)11(19)9-7(13)6-15-12(16-9)20-2/h6,8H,3-5H2,1-2H3,(H,14,18). The fourth-order valence-corrected chi connectivity index (χ4v) is 2.61. The Hall–Kier alpha value is -1.34. The molecular weight excluding hydrogens is 300 g/mol. The van der Waals surface area contributed by atoms with Crippen LogP contribution in [0.15, 0.2) is 11.4 Å². The lowest BCUT2D eigenvalue weighted by Crippen LogP contribution is -2.57. The van der Waals surface area contributed by atoms with E-state index >= 15 is 0 Å². The minimum Gasteiger partial charge on any atom is -0.353 e. The van der Waals surface area contributed by atoms with E-state index in [1.807, 2.05) is 13.2 Å². The van der Waals surface area contributed by atoms with Crippen molar-refractivity contribution in [1.29, 1.82) is 0 Å². The molecule has 1 N–H and O–H groups in total. The minimum atomic E-state index is -0.472. The molecule has 8 heteroatoms. The van der Waals surface area contributed by atoms with Crippen LogP contribution in [0, 0.1) is 0 Å². The molecule has 1 aliphatic rings. The average Bonchev–Trinajstić information content (AvgIpc) is 2.46. The number of hydrogen-bond donors (Lipinski definition) is 1. The van der Waals surface area contributed by atoms with Crippen LogP contribution in [0.25, 0.3) is 0 Å². The van der Waals surface area contributed by atoms with Gasteiger partial charge in [0.1, 0.15) is 6.04 Å². The summed E-state index contributed by atoms with van der Waals surface area (Å²) in [6.45, 7) is 2.77. The summed E-state index contributed by atoms with van der Waals surface area (Å²) < 4.78 is 0. The van der Waals surface area contributed by atoms with Gasteiger partial charge in [-0.25, -0.2) is 9.97 Å². The van der Waals surface area contributed by atoms with Gasteiger partial charge < -0.3 is 10.2 Å². The maximum absolute atomic E-state index is 12.6. The van der Waals surface area contributed by atoms with Gasteiger partial charge in [0, 0.05) is 13.1 Å². The summed E-state index contributed by atoms with van der Waals surface area (Å²) in [6.07, 6.45) is 3.79. The Morgan fingerprint density at radius 1 is 1.65 bits per heavy atom. The molecule has 1 aromatic heterocycles. The van der Waals surface area contributed by atoms with Gasteiger partial charge in [0.2, 0.25) is 5.91 Å². The topological polar surface area (TPSA) is 75.2 Å². The molecule has 1 aliphatic heterocycles. The molecule has 1 atom stereocenters. The van der Waals surface area contributed by atoms with E-state index in [4.69, 9.17) is 11.6 Å². The number of thioether (sulfide) groups is 1. The Morgan fingerprint density at radius 3 is 3.05 bits per heavy atom. The second-order valence-electron chi connectivity index (χ2n) is 4.27. The number of amides is 2. The lowest BCUT2D eigenvalue weighted by atomic mass is 10.1. The molecule has 20 heavy (non-hydrogen) atoms. The molecule has 2 heterocycles. The van der Waals surface area contributed by atoms with E-state index in [1.165, 1.54) is 22.9 Å². The largest absolute Gasteiger partial charge is 0.353 e. The molecule has 0 spiro atoms. The molecule has 0 bridgehead atoms. The number of carbonyl (C=O) groups excluding carboxylic acids is 2. The zero-order chi connectivity index (χ0) is 14.7. The van der Waals surface area contributed by atoms with Crippen molar-refractivity contribution in [3.05, 3.63) is 16.9 Å². The Labute approximate surface area is 126 Å². The van der Waals surface area contributed by atoms with Crippen LogP contribution in [0.2, 0.25) is 5.02 Å². The number of nitrogens with zero attached hydrogens (tertiary/aromatic N) is 3. The highest BCUT2D eigenvalue weighted by Gasteiger charge is 2.33. The number of hydrogen-bond acceptors (Lipinski definition) is 5. The van der Waals surface area contributed by atoms with Crippen molar-refractivity contribution in [1.82, 2.24) is 20.2 Å². The molecule has 108 valence electrons. The van der Waals surface area contributed by atoms with Gasteiger partial charge in [-0.3, -0.25) is 9.59 Å². The maximum atomic E-state index is 12.6. The van der Waals surface area contributed by atoms with Gasteiger partial charge in [-0.2, -0.15) is 0 Å². The van der Waals surface area contributed by atoms with E-state index in [0.29, 0.717) is 24.7 Å². The Balaban J connectivity index is 2.32. The number of nitrogens with one attached hydrogen (secondary N) is 1. The summed E-state index contributed by atoms with van der Waals surface area (Å²) in [4.78, 5) is 34.1. The number of aromatic nitrogens is 2. The van der Waals surface area contributed by atoms with Crippen LogP contribution in [0.1, 0.15) is 23.8 Å². The van der Waals surface area contributed by atoms with Crippen molar-refractivity contribution in [2.45, 2.75) is 24.5 Å². The van der Waals surface area contributed by atoms with Crippen molar-refractivity contribution < 1.29 is 9.59 Å². The van der Waals surface area contributed by atoms with Crippen LogP contribution >= 0.6 is 23.4 Å². The number of piperazine rings is 1. The van der Waals surface area contributed by atoms with E-state index < -0.39 is 6.04 Å². The van der Waals surface area contributed by atoms with Crippen molar-refractivity contribution in [2.75, 3.05) is 19.3 Å². The molecule has 1 unspecified atom stereocenters. The summed E-state index contributed by atoms with van der Waals surface area (Å²) in [7, 11) is 0. The van der Waals surface area contributed by atoms with Gasteiger partial charge in [0.05, 0.1) is 11.2 Å². The lowest BCUT2D eigenvalue weighted by molar-refractivity contribution is -0.127. The minimum absolute atomic E-state index is 0.137. The summed E-state index contributed by atoms with van der Waals surface area (Å²) in [5, 5.41) is 3.44. The highest BCUT2D eigenvalue weighted by molar-refractivity contribution is 7.98. The average molecular weight is 315 g/mol. The first-order chi connectivity index (χ1) is 9.58. The van der Waals surface area contributed by atoms with Crippen molar-refractivity contribution >= 4 is 35.2 Å². The fraction of sp³-hybridized carbons (Fsp3) is 0.500. The van der Waals surface area contributed by atoms with Crippen LogP contribution in [0.4, 0.5) is 0 Å². The summed E-state index contributed by atoms with van der Waals surface area (Å²) in [5.41, 5.74) is 0.152. The third kappa shape index (κ3) is 2.88. The molecule has 0 radical (unpaired) electrons. The normalized spacial score (nSPS) is 18.9. The highest BCUT2D eigenvalue weighted by atomic mass is 35.5. The van der Waals surface area contributed by atoms with Gasteiger partial charge >= 0.3 is 0 Å². The summed E-state index contributed by atoms with van der Waals surface area (Å²) >= 11 is 7.34. The van der Waals surface area contributed by atoms with Crippen LogP contribution < -0.4 is 5.32 Å². The molecule has 0 aliphatic carbocycles. The molecule has 6 nitrogen and oxygen atoms in total. The molecule has 1 fully saturated rings. The second kappa shape index (κ2) is 6.41. The predicted molar refractivity (Wildman–Crippen MR) is 76.9 cm³/mol. The first-order valence-corrected chi connectivity index (χ1v) is 7.84. The molecule has 2 amide bonds. The van der Waals surface area contributed by atoms with Gasteiger partial charge in [-0.15, -0.1) is 0 Å². The first-order valence-electron chi connectivity index (χ1n) is 6.23. The smallest absolute Gasteiger partial charge is 0.274 e. The van der Waals surface area contributed by atoms with E-state index in [0.717, 1.165) is 0 Å². The van der Waals surface area contributed by atoms with E-state index in [-0.39, 0.29) is 22.5 Å². The molecular formula is C12H15ClN4O2S. The second-order valence-corrected chi connectivity index (χ2v) is 5.45. The van der Waals surface area contributed by atoms with Crippen LogP contribution in [-0.2, 0) is 4.79 Å². The number of carbonyl (C=O) groups is 2. The SMILES string of the molecule is CCC1C(=O)NCCN1C(=O)c1nc(SC)ncc1Cl. The molecule has 2 rings (SSSR count). The fourth-order valence-electron chi connectivity index (χ4n) is 2.10. The van der Waals surface area contributed by atoms with Gasteiger partial charge in [-0.05, 0) is 12.7 Å². The number of halogens is 1. The van der Waals surface area contributed by atoms with Crippen molar-refractivity contribution in [3.8, 4) is 0 Å². The van der Waals surface area contributed by atoms with Crippen molar-refractivity contribution in [2.24, 2.45) is 0 Å². The third-order valence-electron chi connectivity index (χ3n) is 3.09. The molecule has 1 saturated heterocycles. The molecule has 0 saturated carbocycles. The molecule has 1 aromatic rings. The quantitative estimate of drug-likeness (QED) is 0.670. The Morgan fingerprint density at radius 2 is 2.40 bits per heavy atom. The monoisotopic (exact) mass is 314 g/mol. The zero-order valence-corrected chi connectivity index (χ0v) is 12.8. The van der Waals surface area contributed by atoms with Gasteiger partial charge in [0.15, 0.2) is 10.9 Å². The van der Waals surface area contributed by atoms with Gasteiger partial charge in [0.25, 0.3) is 5.91 Å². The maximum Gasteiger partial charge on any atom is 0.274 e. The van der Waals surface area contributed by atoms with E-state index in [9.17, 15) is 9.59 Å². The first kappa shape index (κ1) is 15.1. The lowest BCUT2D eigenvalue weighted by Gasteiger charge is -2.34. The van der Waals surface area contributed by atoms with E-state index in [2.05, 4.69) is 15.3 Å². The van der Waals surface area contributed by atoms with Crippen LogP contribution in [-0.4, -0.2) is 52.1 Å². The van der Waals surface area contributed by atoms with E-state index in [1.54, 1.807) is 0 Å². The Kier molecular flexibility index (Phi) is 4.82. The van der Waals surface area contributed by atoms with Crippen LogP contribution in [0.5, 0.6) is 0 Å². The predicted octanol–water partition coefficient (Wildman–Crippen LogP) is 1.20.